The second kappa shape index (κ2) is 7.53. The SMILES string of the molecule is CO[C@@H]1[C@@H](O)[C@@H](CO)O[C@H]1n1cnc2c(/C=C/c3ccccc3)ncnc21. The van der Waals surface area contributed by atoms with Crippen LogP contribution >= 0.6 is 0 Å². The zero-order valence-corrected chi connectivity index (χ0v) is 14.7. The Morgan fingerprint density at radius 3 is 2.74 bits per heavy atom. The highest BCUT2D eigenvalue weighted by Crippen LogP contribution is 2.33. The Labute approximate surface area is 155 Å². The maximum absolute atomic E-state index is 10.3. The molecule has 140 valence electrons. The minimum absolute atomic E-state index is 0.301. The first-order chi connectivity index (χ1) is 13.2. The number of hydrogen-bond donors (Lipinski definition) is 2. The molecule has 8 heteroatoms. The molecule has 1 aromatic carbocycles. The molecule has 2 N–H and O–H groups in total. The number of aromatic nitrogens is 4. The molecule has 27 heavy (non-hydrogen) atoms. The van der Waals surface area contributed by atoms with Crippen molar-refractivity contribution in [2.45, 2.75) is 24.5 Å². The molecule has 1 aliphatic heterocycles. The standard InChI is InChI=1S/C19H20N4O4/c1-26-17-16(25)14(9-24)27-19(17)23-11-22-15-13(20-10-21-18(15)23)8-7-12-5-3-2-4-6-12/h2-8,10-11,14,16-17,19,24-25H,9H2,1H3/b8-7+/t14-,16+,17-,19-/m1/s1. The minimum Gasteiger partial charge on any atom is -0.394 e. The minimum atomic E-state index is -0.943. The van der Waals surface area contributed by atoms with E-state index in [9.17, 15) is 10.2 Å². The fourth-order valence-electron chi connectivity index (χ4n) is 3.27. The number of ether oxygens (including phenoxy) is 2. The van der Waals surface area contributed by atoms with Crippen LogP contribution in [0, 0.1) is 0 Å². The van der Waals surface area contributed by atoms with E-state index in [4.69, 9.17) is 9.47 Å². The number of fused-ring (bicyclic) bond motifs is 1. The van der Waals surface area contributed by atoms with E-state index >= 15 is 0 Å². The highest BCUT2D eigenvalue weighted by Gasteiger charge is 2.45. The van der Waals surface area contributed by atoms with Gasteiger partial charge in [0.15, 0.2) is 11.9 Å². The Hall–Kier alpha value is -2.65. The molecule has 4 atom stereocenters. The lowest BCUT2D eigenvalue weighted by molar-refractivity contribution is -0.0583. The van der Waals surface area contributed by atoms with Gasteiger partial charge in [-0.1, -0.05) is 36.4 Å². The number of rotatable bonds is 5. The molecule has 0 spiro atoms. The number of imidazole rings is 1. The Kier molecular flexibility index (Phi) is 4.95. The van der Waals surface area contributed by atoms with Gasteiger partial charge in [-0.3, -0.25) is 4.57 Å². The molecular formula is C19H20N4O4. The number of aliphatic hydroxyl groups is 2. The van der Waals surface area contributed by atoms with Crippen LogP contribution in [-0.4, -0.2) is 61.8 Å². The van der Waals surface area contributed by atoms with Crippen LogP contribution in [0.3, 0.4) is 0 Å². The molecule has 8 nitrogen and oxygen atoms in total. The lowest BCUT2D eigenvalue weighted by Crippen LogP contribution is -2.34. The summed E-state index contributed by atoms with van der Waals surface area (Å²) in [5.74, 6) is 0. The van der Waals surface area contributed by atoms with Crippen LogP contribution < -0.4 is 0 Å². The largest absolute Gasteiger partial charge is 0.394 e. The maximum Gasteiger partial charge on any atom is 0.166 e. The van der Waals surface area contributed by atoms with Crippen molar-refractivity contribution in [2.24, 2.45) is 0 Å². The van der Waals surface area contributed by atoms with Gasteiger partial charge in [0.05, 0.1) is 18.6 Å². The van der Waals surface area contributed by atoms with E-state index in [0.717, 1.165) is 5.56 Å². The highest BCUT2D eigenvalue weighted by molar-refractivity contribution is 5.84. The van der Waals surface area contributed by atoms with E-state index in [-0.39, 0.29) is 6.61 Å². The molecule has 0 amide bonds. The van der Waals surface area contributed by atoms with E-state index in [1.165, 1.54) is 13.4 Å². The molecule has 0 aliphatic carbocycles. The second-order valence-electron chi connectivity index (χ2n) is 6.27. The lowest BCUT2D eigenvalue weighted by Gasteiger charge is -2.19. The van der Waals surface area contributed by atoms with Crippen molar-refractivity contribution in [3.8, 4) is 0 Å². The summed E-state index contributed by atoms with van der Waals surface area (Å²) in [6.45, 7) is -0.301. The van der Waals surface area contributed by atoms with Gasteiger partial charge < -0.3 is 19.7 Å². The monoisotopic (exact) mass is 368 g/mol. The Morgan fingerprint density at radius 1 is 1.19 bits per heavy atom. The summed E-state index contributed by atoms with van der Waals surface area (Å²) < 4.78 is 12.9. The molecule has 0 unspecified atom stereocenters. The molecule has 2 aromatic heterocycles. The summed E-state index contributed by atoms with van der Waals surface area (Å²) in [5, 5.41) is 19.7. The van der Waals surface area contributed by atoms with Gasteiger partial charge in [0.1, 0.15) is 30.2 Å². The zero-order chi connectivity index (χ0) is 18.8. The first-order valence-corrected chi connectivity index (χ1v) is 8.60. The lowest BCUT2D eigenvalue weighted by atomic mass is 10.1. The Bertz CT molecular complexity index is 943. The highest BCUT2D eigenvalue weighted by atomic mass is 16.6. The summed E-state index contributed by atoms with van der Waals surface area (Å²) in [4.78, 5) is 13.1. The normalized spacial score (nSPS) is 25.6. The Morgan fingerprint density at radius 2 is 2.00 bits per heavy atom. The van der Waals surface area contributed by atoms with Gasteiger partial charge in [-0.05, 0) is 11.6 Å². The van der Waals surface area contributed by atoms with Crippen molar-refractivity contribution in [1.82, 2.24) is 19.5 Å². The first kappa shape index (κ1) is 17.7. The number of benzene rings is 1. The number of methoxy groups -OCH3 is 1. The van der Waals surface area contributed by atoms with Gasteiger partial charge in [0.2, 0.25) is 0 Å². The van der Waals surface area contributed by atoms with Crippen LogP contribution in [0.1, 0.15) is 17.5 Å². The smallest absolute Gasteiger partial charge is 0.166 e. The van der Waals surface area contributed by atoms with Crippen LogP contribution in [0.15, 0.2) is 43.0 Å². The van der Waals surface area contributed by atoms with Gasteiger partial charge >= 0.3 is 0 Å². The maximum atomic E-state index is 10.3. The quantitative estimate of drug-likeness (QED) is 0.699. The molecule has 3 heterocycles. The summed E-state index contributed by atoms with van der Waals surface area (Å²) >= 11 is 0. The molecule has 1 aliphatic rings. The van der Waals surface area contributed by atoms with E-state index < -0.39 is 24.5 Å². The summed E-state index contributed by atoms with van der Waals surface area (Å²) in [6, 6.07) is 9.90. The predicted octanol–water partition coefficient (Wildman–Crippen LogP) is 1.26. The van der Waals surface area contributed by atoms with Crippen molar-refractivity contribution in [3.05, 3.63) is 54.2 Å². The second-order valence-corrected chi connectivity index (χ2v) is 6.27. The average molecular weight is 368 g/mol. The van der Waals surface area contributed by atoms with Crippen molar-refractivity contribution >= 4 is 23.3 Å². The van der Waals surface area contributed by atoms with Crippen molar-refractivity contribution in [2.75, 3.05) is 13.7 Å². The van der Waals surface area contributed by atoms with Gasteiger partial charge in [0, 0.05) is 7.11 Å². The van der Waals surface area contributed by atoms with Crippen molar-refractivity contribution < 1.29 is 19.7 Å². The fourth-order valence-corrected chi connectivity index (χ4v) is 3.27. The van der Waals surface area contributed by atoms with Crippen LogP contribution in [0.2, 0.25) is 0 Å². The molecule has 1 fully saturated rings. The topological polar surface area (TPSA) is 103 Å². The summed E-state index contributed by atoms with van der Waals surface area (Å²) in [5.41, 5.74) is 2.91. The molecule has 1 saturated heterocycles. The van der Waals surface area contributed by atoms with E-state index in [1.54, 1.807) is 10.9 Å². The van der Waals surface area contributed by atoms with Gasteiger partial charge in [0.25, 0.3) is 0 Å². The molecule has 0 saturated carbocycles. The van der Waals surface area contributed by atoms with Crippen molar-refractivity contribution in [3.63, 3.8) is 0 Å². The van der Waals surface area contributed by atoms with Gasteiger partial charge in [-0.2, -0.15) is 0 Å². The van der Waals surface area contributed by atoms with Crippen LogP contribution in [0.25, 0.3) is 23.3 Å². The molecule has 0 radical (unpaired) electrons. The van der Waals surface area contributed by atoms with Gasteiger partial charge in [-0.15, -0.1) is 0 Å². The molecular weight excluding hydrogens is 348 g/mol. The predicted molar refractivity (Wildman–Crippen MR) is 98.5 cm³/mol. The van der Waals surface area contributed by atoms with E-state index in [0.29, 0.717) is 16.9 Å². The van der Waals surface area contributed by atoms with Crippen molar-refractivity contribution in [1.29, 1.82) is 0 Å². The third kappa shape index (κ3) is 3.24. The van der Waals surface area contributed by atoms with E-state index in [1.807, 2.05) is 42.5 Å². The third-order valence-corrected chi connectivity index (χ3v) is 4.66. The number of nitrogens with zero attached hydrogens (tertiary/aromatic N) is 4. The zero-order valence-electron chi connectivity index (χ0n) is 14.7. The molecule has 0 bridgehead atoms. The van der Waals surface area contributed by atoms with E-state index in [2.05, 4.69) is 15.0 Å². The van der Waals surface area contributed by atoms with Crippen LogP contribution in [-0.2, 0) is 9.47 Å². The number of aliphatic hydroxyl groups excluding tert-OH is 2. The number of hydrogen-bond acceptors (Lipinski definition) is 7. The average Bonchev–Trinajstić information content (AvgIpc) is 3.27. The Balaban J connectivity index is 1.70. The van der Waals surface area contributed by atoms with Crippen LogP contribution in [0.5, 0.6) is 0 Å². The van der Waals surface area contributed by atoms with Gasteiger partial charge in [-0.25, -0.2) is 15.0 Å². The molecule has 3 aromatic rings. The molecule has 4 rings (SSSR count). The first-order valence-electron chi connectivity index (χ1n) is 8.60. The fraction of sp³-hybridized carbons (Fsp3) is 0.316. The van der Waals surface area contributed by atoms with Crippen LogP contribution in [0.4, 0.5) is 0 Å². The summed E-state index contributed by atoms with van der Waals surface area (Å²) in [6.07, 6.45) is 3.93. The third-order valence-electron chi connectivity index (χ3n) is 4.66. The summed E-state index contributed by atoms with van der Waals surface area (Å²) in [7, 11) is 1.49.